The van der Waals surface area contributed by atoms with Gasteiger partial charge in [-0.2, -0.15) is 0 Å². The number of ether oxygens (including phenoxy) is 1. The van der Waals surface area contributed by atoms with Gasteiger partial charge in [-0.15, -0.1) is 0 Å². The first kappa shape index (κ1) is 13.0. The summed E-state index contributed by atoms with van der Waals surface area (Å²) in [6.07, 6.45) is 3.89. The number of hydrogen-bond acceptors (Lipinski definition) is 5. The Bertz CT molecular complexity index is 379. The summed E-state index contributed by atoms with van der Waals surface area (Å²) >= 11 is 0. The van der Waals surface area contributed by atoms with Crippen LogP contribution in [0.5, 0.6) is 0 Å². The minimum atomic E-state index is -0.299. The Hall–Kier alpha value is -1.40. The first-order chi connectivity index (χ1) is 8.74. The van der Waals surface area contributed by atoms with E-state index in [1.165, 1.54) is 0 Å². The molecule has 0 aromatic carbocycles. The normalized spacial score (nSPS) is 26.4. The average molecular weight is 253 g/mol. The van der Waals surface area contributed by atoms with Crippen LogP contribution in [0.25, 0.3) is 0 Å². The van der Waals surface area contributed by atoms with Gasteiger partial charge in [0.25, 0.3) is 0 Å². The molecule has 0 radical (unpaired) electrons. The van der Waals surface area contributed by atoms with E-state index in [9.17, 15) is 4.79 Å². The molecule has 6 nitrogen and oxygen atoms in total. The predicted molar refractivity (Wildman–Crippen MR) is 67.4 cm³/mol. The Morgan fingerprint density at radius 1 is 1.56 bits per heavy atom. The van der Waals surface area contributed by atoms with E-state index in [0.717, 1.165) is 30.7 Å². The molecule has 1 amide bonds. The molecular weight excluding hydrogens is 234 g/mol. The van der Waals surface area contributed by atoms with Gasteiger partial charge in [0.05, 0.1) is 19.7 Å². The monoisotopic (exact) mass is 253 g/mol. The number of aliphatic hydroxyl groups is 1. The quantitative estimate of drug-likeness (QED) is 0.752. The van der Waals surface area contributed by atoms with Crippen molar-refractivity contribution in [3.8, 4) is 0 Å². The van der Waals surface area contributed by atoms with Crippen molar-refractivity contribution in [1.29, 1.82) is 0 Å². The van der Waals surface area contributed by atoms with Crippen molar-refractivity contribution in [3.63, 3.8) is 0 Å². The summed E-state index contributed by atoms with van der Waals surface area (Å²) in [5.41, 5.74) is 7.58. The van der Waals surface area contributed by atoms with E-state index >= 15 is 0 Å². The minimum absolute atomic E-state index is 0.0801. The molecule has 2 rings (SSSR count). The number of nitrogens with zero attached hydrogens (tertiary/aromatic N) is 2. The molecule has 1 aliphatic carbocycles. The zero-order valence-electron chi connectivity index (χ0n) is 10.3. The zero-order chi connectivity index (χ0) is 13.0. The second-order valence-electron chi connectivity index (χ2n) is 4.42. The van der Waals surface area contributed by atoms with Gasteiger partial charge in [0.2, 0.25) is 0 Å². The third-order valence-electron chi connectivity index (χ3n) is 3.16. The maximum atomic E-state index is 11.6. The van der Waals surface area contributed by atoms with Crippen LogP contribution in [-0.2, 0) is 4.74 Å². The maximum absolute atomic E-state index is 11.6. The summed E-state index contributed by atoms with van der Waals surface area (Å²) in [4.78, 5) is 17.6. The molecule has 2 aliphatic rings. The lowest BCUT2D eigenvalue weighted by Gasteiger charge is -2.21. The summed E-state index contributed by atoms with van der Waals surface area (Å²) < 4.78 is 5.13. The van der Waals surface area contributed by atoms with Crippen LogP contribution in [0.3, 0.4) is 0 Å². The number of aliphatic hydroxyl groups excluding tert-OH is 1. The lowest BCUT2D eigenvalue weighted by Crippen LogP contribution is -2.28. The molecule has 18 heavy (non-hydrogen) atoms. The SMILES string of the molecule is NCC1CN(C2=CCC(=NCCO)CC2)C(=O)O1. The van der Waals surface area contributed by atoms with Crippen molar-refractivity contribution in [1.82, 2.24) is 4.90 Å². The summed E-state index contributed by atoms with van der Waals surface area (Å²) in [5, 5.41) is 8.71. The molecule has 1 aliphatic heterocycles. The van der Waals surface area contributed by atoms with Gasteiger partial charge in [-0.05, 0) is 12.8 Å². The van der Waals surface area contributed by atoms with Crippen LogP contribution in [-0.4, -0.2) is 54.2 Å². The largest absolute Gasteiger partial charge is 0.443 e. The number of nitrogens with two attached hydrogens (primary N) is 1. The second kappa shape index (κ2) is 5.97. The van der Waals surface area contributed by atoms with E-state index in [1.807, 2.05) is 6.08 Å². The van der Waals surface area contributed by atoms with Gasteiger partial charge >= 0.3 is 6.09 Å². The van der Waals surface area contributed by atoms with Gasteiger partial charge in [0.15, 0.2) is 0 Å². The van der Waals surface area contributed by atoms with E-state index in [-0.39, 0.29) is 18.8 Å². The van der Waals surface area contributed by atoms with Crippen molar-refractivity contribution in [2.75, 3.05) is 26.2 Å². The van der Waals surface area contributed by atoms with E-state index < -0.39 is 0 Å². The van der Waals surface area contributed by atoms with Crippen molar-refractivity contribution >= 4 is 11.8 Å². The lowest BCUT2D eigenvalue weighted by atomic mass is 10.0. The fourth-order valence-corrected chi connectivity index (χ4v) is 2.19. The van der Waals surface area contributed by atoms with Gasteiger partial charge in [0, 0.05) is 24.4 Å². The van der Waals surface area contributed by atoms with Crippen LogP contribution < -0.4 is 5.73 Å². The van der Waals surface area contributed by atoms with Crippen molar-refractivity contribution in [3.05, 3.63) is 11.8 Å². The Kier molecular flexibility index (Phi) is 4.33. The molecule has 0 aromatic heterocycles. The highest BCUT2D eigenvalue weighted by atomic mass is 16.6. The smallest absolute Gasteiger partial charge is 0.414 e. The molecule has 1 atom stereocenters. The first-order valence-electron chi connectivity index (χ1n) is 6.25. The number of hydrogen-bond donors (Lipinski definition) is 2. The number of rotatable bonds is 4. The molecular formula is C12H19N3O3. The Labute approximate surface area is 106 Å². The van der Waals surface area contributed by atoms with Crippen LogP contribution in [0.1, 0.15) is 19.3 Å². The molecule has 0 aromatic rings. The highest BCUT2D eigenvalue weighted by molar-refractivity contribution is 5.87. The molecule has 0 spiro atoms. The first-order valence-corrected chi connectivity index (χ1v) is 6.25. The Balaban J connectivity index is 1.96. The average Bonchev–Trinajstić information content (AvgIpc) is 2.78. The van der Waals surface area contributed by atoms with Crippen LogP contribution in [0.2, 0.25) is 0 Å². The molecule has 3 N–H and O–H groups in total. The van der Waals surface area contributed by atoms with E-state index in [4.69, 9.17) is 15.6 Å². The van der Waals surface area contributed by atoms with Gasteiger partial charge in [-0.25, -0.2) is 4.79 Å². The maximum Gasteiger partial charge on any atom is 0.414 e. The molecule has 6 heteroatoms. The van der Waals surface area contributed by atoms with Crippen molar-refractivity contribution in [2.24, 2.45) is 10.7 Å². The molecule has 1 heterocycles. The van der Waals surface area contributed by atoms with Gasteiger partial charge in [-0.3, -0.25) is 9.89 Å². The number of allylic oxidation sites excluding steroid dienone is 2. The van der Waals surface area contributed by atoms with Crippen LogP contribution in [0, 0.1) is 0 Å². The number of aliphatic imine (C=N–C) groups is 1. The van der Waals surface area contributed by atoms with E-state index in [0.29, 0.717) is 19.6 Å². The summed E-state index contributed by atoms with van der Waals surface area (Å²) in [5.74, 6) is 0. The minimum Gasteiger partial charge on any atom is -0.443 e. The molecule has 0 saturated carbocycles. The number of carbonyl (C=O) groups is 1. The molecule has 1 unspecified atom stereocenters. The molecule has 100 valence electrons. The Morgan fingerprint density at radius 3 is 2.94 bits per heavy atom. The third kappa shape index (κ3) is 2.88. The molecule has 1 saturated heterocycles. The topological polar surface area (TPSA) is 88.1 Å². The summed E-state index contributed by atoms with van der Waals surface area (Å²) in [6, 6.07) is 0. The van der Waals surface area contributed by atoms with Gasteiger partial charge < -0.3 is 15.6 Å². The number of carbonyl (C=O) groups excluding carboxylic acids is 1. The van der Waals surface area contributed by atoms with Crippen molar-refractivity contribution in [2.45, 2.75) is 25.4 Å². The fourth-order valence-electron chi connectivity index (χ4n) is 2.19. The zero-order valence-corrected chi connectivity index (χ0v) is 10.3. The van der Waals surface area contributed by atoms with Gasteiger partial charge in [-0.1, -0.05) is 6.08 Å². The van der Waals surface area contributed by atoms with Crippen LogP contribution >= 0.6 is 0 Å². The standard InChI is InChI=1S/C12H19N3O3/c13-7-11-8-15(12(17)18-11)10-3-1-9(2-4-10)14-5-6-16/h3,11,16H,1-2,4-8,13H2. The predicted octanol–water partition coefficient (Wildman–Crippen LogP) is 0.267. The van der Waals surface area contributed by atoms with Crippen LogP contribution in [0.15, 0.2) is 16.8 Å². The van der Waals surface area contributed by atoms with E-state index in [1.54, 1.807) is 4.90 Å². The fraction of sp³-hybridized carbons (Fsp3) is 0.667. The molecule has 1 fully saturated rings. The Morgan fingerprint density at radius 2 is 2.39 bits per heavy atom. The summed E-state index contributed by atoms with van der Waals surface area (Å²) in [6.45, 7) is 1.44. The summed E-state index contributed by atoms with van der Waals surface area (Å²) in [7, 11) is 0. The van der Waals surface area contributed by atoms with E-state index in [2.05, 4.69) is 4.99 Å². The highest BCUT2D eigenvalue weighted by Crippen LogP contribution is 2.24. The highest BCUT2D eigenvalue weighted by Gasteiger charge is 2.33. The third-order valence-corrected chi connectivity index (χ3v) is 3.16. The van der Waals surface area contributed by atoms with Gasteiger partial charge in [0.1, 0.15) is 6.10 Å². The number of cyclic esters (lactones) is 1. The number of amides is 1. The van der Waals surface area contributed by atoms with Crippen LogP contribution in [0.4, 0.5) is 4.79 Å². The van der Waals surface area contributed by atoms with Crippen molar-refractivity contribution < 1.29 is 14.6 Å². The second-order valence-corrected chi connectivity index (χ2v) is 4.42. The molecule has 0 bridgehead atoms. The lowest BCUT2D eigenvalue weighted by molar-refractivity contribution is 0.137.